The van der Waals surface area contributed by atoms with E-state index in [1.165, 1.54) is 96.7 Å². The first-order chi connectivity index (χ1) is 17.7. The molecule has 2 atom stereocenters. The Hall–Kier alpha value is -1.94. The highest BCUT2D eigenvalue weighted by atomic mass is 16.5. The number of likely N-dealkylation sites (tertiary alicyclic amines) is 1. The van der Waals surface area contributed by atoms with E-state index in [2.05, 4.69) is 23.7 Å². The first kappa shape index (κ1) is 28.6. The Bertz CT molecular complexity index is 912. The third kappa shape index (κ3) is 8.87. The third-order valence-electron chi connectivity index (χ3n) is 8.32. The molecule has 0 N–H and O–H groups in total. The second-order valence-corrected chi connectivity index (χ2v) is 10.9. The van der Waals surface area contributed by atoms with Gasteiger partial charge in [-0.05, 0) is 68.5 Å². The summed E-state index contributed by atoms with van der Waals surface area (Å²) < 4.78 is 5.38. The van der Waals surface area contributed by atoms with Crippen molar-refractivity contribution in [2.24, 2.45) is 11.8 Å². The molecule has 0 spiro atoms. The van der Waals surface area contributed by atoms with Gasteiger partial charge >= 0.3 is 0 Å². The lowest BCUT2D eigenvalue weighted by molar-refractivity contribution is 0.0899. The van der Waals surface area contributed by atoms with Crippen LogP contribution >= 0.6 is 0 Å². The Balaban J connectivity index is 1.37. The highest BCUT2D eigenvalue weighted by molar-refractivity contribution is 6.07. The van der Waals surface area contributed by atoms with Crippen LogP contribution in [0.2, 0.25) is 0 Å². The molecule has 0 aliphatic carbocycles. The number of benzene rings is 1. The van der Waals surface area contributed by atoms with Gasteiger partial charge in [-0.15, -0.1) is 0 Å². The molecule has 200 valence electrons. The molecule has 0 bridgehead atoms. The van der Waals surface area contributed by atoms with E-state index in [4.69, 9.17) is 4.74 Å². The van der Waals surface area contributed by atoms with Crippen molar-refractivity contribution in [1.82, 2.24) is 9.88 Å². The average Bonchev–Trinajstić information content (AvgIpc) is 2.92. The Labute approximate surface area is 220 Å². The number of hydrogen-bond donors (Lipinski definition) is 0. The molecule has 0 radical (unpaired) electrons. The van der Waals surface area contributed by atoms with Crippen LogP contribution in [0.25, 0.3) is 10.9 Å². The second-order valence-electron chi connectivity index (χ2n) is 10.9. The topological polar surface area (TPSA) is 42.4 Å². The third-order valence-corrected chi connectivity index (χ3v) is 8.32. The number of carbonyl (C=O) groups excluding carboxylic acids is 1. The molecule has 4 heteroatoms. The monoisotopic (exact) mass is 494 g/mol. The minimum atomic E-state index is 0.235. The van der Waals surface area contributed by atoms with Gasteiger partial charge in [-0.2, -0.15) is 0 Å². The van der Waals surface area contributed by atoms with Crippen LogP contribution in [0, 0.1) is 11.8 Å². The number of hydrogen-bond acceptors (Lipinski definition) is 4. The molecule has 0 saturated carbocycles. The number of rotatable bonds is 17. The number of pyridine rings is 1. The number of carbonyl (C=O) groups is 1. The van der Waals surface area contributed by atoms with Crippen molar-refractivity contribution in [1.29, 1.82) is 0 Å². The number of ether oxygens (including phenoxy) is 1. The Kier molecular flexibility index (Phi) is 12.7. The molecule has 1 aliphatic rings. The normalized spacial score (nSPS) is 18.5. The van der Waals surface area contributed by atoms with Crippen LogP contribution in [0.4, 0.5) is 0 Å². The number of nitrogens with zero attached hydrogens (tertiary/aromatic N) is 2. The lowest BCUT2D eigenvalue weighted by Crippen LogP contribution is -2.40. The summed E-state index contributed by atoms with van der Waals surface area (Å²) in [6, 6.07) is 7.65. The van der Waals surface area contributed by atoms with Crippen molar-refractivity contribution >= 4 is 16.7 Å². The van der Waals surface area contributed by atoms with Crippen LogP contribution in [0.3, 0.4) is 0 Å². The van der Waals surface area contributed by atoms with Crippen molar-refractivity contribution in [2.45, 2.75) is 104 Å². The van der Waals surface area contributed by atoms with Crippen molar-refractivity contribution in [3.63, 3.8) is 0 Å². The van der Waals surface area contributed by atoms with E-state index < -0.39 is 0 Å². The molecule has 2 aromatic rings. The van der Waals surface area contributed by atoms with Crippen molar-refractivity contribution < 1.29 is 9.53 Å². The molecule has 1 fully saturated rings. The fourth-order valence-corrected chi connectivity index (χ4v) is 5.97. The number of Topliss-reactive ketones (excluding diaryl/α,β-unsaturated/α-hetero) is 1. The van der Waals surface area contributed by atoms with Gasteiger partial charge in [-0.1, -0.05) is 78.1 Å². The van der Waals surface area contributed by atoms with E-state index in [0.717, 1.165) is 28.6 Å². The van der Waals surface area contributed by atoms with Gasteiger partial charge in [-0.3, -0.25) is 9.78 Å². The Morgan fingerprint density at radius 1 is 0.972 bits per heavy atom. The summed E-state index contributed by atoms with van der Waals surface area (Å²) in [5.74, 6) is 2.37. The number of aromatic nitrogens is 1. The average molecular weight is 495 g/mol. The summed E-state index contributed by atoms with van der Waals surface area (Å²) in [4.78, 5) is 20.3. The van der Waals surface area contributed by atoms with Gasteiger partial charge in [-0.25, -0.2) is 0 Å². The van der Waals surface area contributed by atoms with Gasteiger partial charge < -0.3 is 9.64 Å². The smallest absolute Gasteiger partial charge is 0.163 e. The number of fused-ring (bicyclic) bond motifs is 1. The number of methoxy groups -OCH3 is 1. The summed E-state index contributed by atoms with van der Waals surface area (Å²) in [6.45, 7) is 8.27. The maximum absolute atomic E-state index is 13.2. The van der Waals surface area contributed by atoms with Crippen LogP contribution in [-0.2, 0) is 0 Å². The van der Waals surface area contributed by atoms with Crippen LogP contribution in [0.15, 0.2) is 30.5 Å². The van der Waals surface area contributed by atoms with Gasteiger partial charge in [0.1, 0.15) is 5.75 Å². The molecule has 2 heterocycles. The largest absolute Gasteiger partial charge is 0.497 e. The van der Waals surface area contributed by atoms with Crippen LogP contribution in [-0.4, -0.2) is 42.4 Å². The fourth-order valence-electron chi connectivity index (χ4n) is 5.97. The molecule has 0 amide bonds. The van der Waals surface area contributed by atoms with E-state index >= 15 is 0 Å². The Morgan fingerprint density at radius 2 is 1.69 bits per heavy atom. The minimum Gasteiger partial charge on any atom is -0.497 e. The fraction of sp³-hybridized carbons (Fsp3) is 0.688. The van der Waals surface area contributed by atoms with Gasteiger partial charge in [0.05, 0.1) is 12.6 Å². The van der Waals surface area contributed by atoms with E-state index in [-0.39, 0.29) is 5.78 Å². The molecule has 36 heavy (non-hydrogen) atoms. The number of piperidine rings is 1. The lowest BCUT2D eigenvalue weighted by Gasteiger charge is -2.38. The maximum atomic E-state index is 13.2. The zero-order chi connectivity index (χ0) is 25.6. The van der Waals surface area contributed by atoms with Gasteiger partial charge in [0.25, 0.3) is 0 Å². The molecule has 4 nitrogen and oxygen atoms in total. The van der Waals surface area contributed by atoms with E-state index in [1.54, 1.807) is 13.3 Å². The number of unbranched alkanes of at least 4 members (excludes halogenated alkanes) is 9. The van der Waals surface area contributed by atoms with Crippen molar-refractivity contribution in [3.05, 3.63) is 36.0 Å². The highest BCUT2D eigenvalue weighted by Gasteiger charge is 2.28. The summed E-state index contributed by atoms with van der Waals surface area (Å²) in [7, 11) is 1.66. The van der Waals surface area contributed by atoms with E-state index in [9.17, 15) is 4.79 Å². The van der Waals surface area contributed by atoms with E-state index in [0.29, 0.717) is 18.3 Å². The summed E-state index contributed by atoms with van der Waals surface area (Å²) >= 11 is 0. The van der Waals surface area contributed by atoms with E-state index in [1.807, 2.05) is 24.3 Å². The summed E-state index contributed by atoms with van der Waals surface area (Å²) in [5.41, 5.74) is 1.64. The van der Waals surface area contributed by atoms with Gasteiger partial charge in [0.15, 0.2) is 5.78 Å². The highest BCUT2D eigenvalue weighted by Crippen LogP contribution is 2.31. The molecule has 1 saturated heterocycles. The predicted octanol–water partition coefficient (Wildman–Crippen LogP) is 8.48. The minimum absolute atomic E-state index is 0.235. The zero-order valence-electron chi connectivity index (χ0n) is 23.3. The van der Waals surface area contributed by atoms with Gasteiger partial charge in [0.2, 0.25) is 0 Å². The quantitative estimate of drug-likeness (QED) is 0.163. The SMILES string of the molecule is CCCCCCCCCCCCN1CCC(CCC(=O)c2ccnc3ccc(OC)cc23)C(CC)C1. The molecular weight excluding hydrogens is 444 g/mol. The zero-order valence-corrected chi connectivity index (χ0v) is 23.3. The van der Waals surface area contributed by atoms with Crippen molar-refractivity contribution in [3.8, 4) is 5.75 Å². The molecule has 2 unspecified atom stereocenters. The standard InChI is InChI=1S/C32H50N2O2/c1-4-6-7-8-9-10-11-12-13-14-22-34-23-20-27(26(5-2)25-34)15-18-32(35)29-19-21-33-31-17-16-28(36-3)24-30(29)31/h16-17,19,21,24,26-27H,4-15,18,20,22-23,25H2,1-3H3. The Morgan fingerprint density at radius 3 is 2.39 bits per heavy atom. The first-order valence-corrected chi connectivity index (χ1v) is 14.8. The molecule has 1 aromatic heterocycles. The van der Waals surface area contributed by atoms with Gasteiger partial charge in [0, 0.05) is 30.1 Å². The molecule has 1 aliphatic heterocycles. The lowest BCUT2D eigenvalue weighted by atomic mass is 9.80. The molecule has 3 rings (SSSR count). The van der Waals surface area contributed by atoms with Crippen LogP contribution < -0.4 is 4.74 Å². The number of ketones is 1. The maximum Gasteiger partial charge on any atom is 0.163 e. The van der Waals surface area contributed by atoms with Crippen LogP contribution in [0.1, 0.15) is 114 Å². The molecule has 1 aromatic carbocycles. The second kappa shape index (κ2) is 16.0. The predicted molar refractivity (Wildman–Crippen MR) is 152 cm³/mol. The first-order valence-electron chi connectivity index (χ1n) is 14.8. The van der Waals surface area contributed by atoms with Crippen LogP contribution in [0.5, 0.6) is 5.75 Å². The van der Waals surface area contributed by atoms with Crippen molar-refractivity contribution in [2.75, 3.05) is 26.7 Å². The summed E-state index contributed by atoms with van der Waals surface area (Å²) in [5, 5.41) is 0.903. The summed E-state index contributed by atoms with van der Waals surface area (Å²) in [6.07, 6.45) is 19.8. The molecular formula is C32H50N2O2.